The average Bonchev–Trinajstić information content (AvgIpc) is 2.91. The van der Waals surface area contributed by atoms with E-state index in [1.807, 2.05) is 41.5 Å². The Morgan fingerprint density at radius 2 is 0.531 bits per heavy atom. The second-order valence-electron chi connectivity index (χ2n) is 6.32. The van der Waals surface area contributed by atoms with Gasteiger partial charge in [0, 0.05) is 11.4 Å². The number of fused-ring (bicyclic) bond motifs is 2. The second-order valence-corrected chi connectivity index (χ2v) is 6.32. The minimum absolute atomic E-state index is 1.17. The molecule has 0 saturated heterocycles. The van der Waals surface area contributed by atoms with E-state index in [1.54, 1.807) is 0 Å². The normalized spacial score (nSPS) is 10.7. The topological polar surface area (TPSA) is 6.48 Å². The summed E-state index contributed by atoms with van der Waals surface area (Å²) in [6.45, 7) is 12.0. The van der Waals surface area contributed by atoms with Gasteiger partial charge in [-0.25, -0.2) is 0 Å². The molecule has 0 atom stereocenters. The Bertz CT molecular complexity index is 909. The molecule has 4 aromatic carbocycles. The van der Waals surface area contributed by atoms with Crippen LogP contribution in [0.5, 0.6) is 0 Å². The smallest absolute Gasteiger partial charge is 0.0703 e. The maximum absolute atomic E-state index is 2.34. The average molecular weight is 425 g/mol. The maximum Gasteiger partial charge on any atom is 0.0703 e. The van der Waals surface area contributed by atoms with E-state index < -0.39 is 0 Å². The lowest BCUT2D eigenvalue weighted by molar-refractivity contribution is 1.17. The molecule has 0 aromatic heterocycles. The van der Waals surface area contributed by atoms with E-state index in [0.717, 1.165) is 0 Å². The Morgan fingerprint density at radius 3 is 0.781 bits per heavy atom. The fraction of sp³-hybridized carbons (Fsp3) is 0.200. The first kappa shape index (κ1) is 24.7. The molecule has 0 aliphatic carbocycles. The minimum Gasteiger partial charge on any atom is -0.306 e. The third-order valence-electron chi connectivity index (χ3n) is 4.76. The van der Waals surface area contributed by atoms with E-state index >= 15 is 0 Å². The van der Waals surface area contributed by atoms with E-state index in [0.29, 0.717) is 0 Å². The van der Waals surface area contributed by atoms with E-state index in [2.05, 4.69) is 119 Å². The van der Waals surface area contributed by atoms with Crippen LogP contribution in [0.1, 0.15) is 41.5 Å². The molecule has 2 nitrogen and oxygen atoms in total. The van der Waals surface area contributed by atoms with Crippen LogP contribution in [0.3, 0.4) is 0 Å². The maximum atomic E-state index is 2.34. The molecule has 2 heteroatoms. The highest BCUT2D eigenvalue weighted by Crippen LogP contribution is 2.53. The molecule has 0 radical (unpaired) electrons. The fourth-order valence-electron chi connectivity index (χ4n) is 3.65. The molecule has 1 aliphatic rings. The lowest BCUT2D eigenvalue weighted by Gasteiger charge is -2.40. The number of benzene rings is 4. The Labute approximate surface area is 194 Å². The van der Waals surface area contributed by atoms with Crippen molar-refractivity contribution >= 4 is 34.1 Å². The van der Waals surface area contributed by atoms with Crippen molar-refractivity contribution in [1.29, 1.82) is 0 Å². The van der Waals surface area contributed by atoms with Crippen LogP contribution in [-0.2, 0) is 0 Å². The van der Waals surface area contributed by atoms with Crippen LogP contribution in [0.4, 0.5) is 34.1 Å². The van der Waals surface area contributed by atoms with Crippen molar-refractivity contribution in [2.24, 2.45) is 0 Å². The van der Waals surface area contributed by atoms with Crippen LogP contribution >= 0.6 is 0 Å². The van der Waals surface area contributed by atoms with Crippen LogP contribution in [-0.4, -0.2) is 0 Å². The summed E-state index contributed by atoms with van der Waals surface area (Å²) in [5.41, 5.74) is 7.06. The van der Waals surface area contributed by atoms with Crippen molar-refractivity contribution in [2.75, 3.05) is 9.80 Å². The SMILES string of the molecule is CC.CC.CC.c1ccc(N2c3ccccc3N(c3ccccc3)c3ccccc32)cc1. The first-order chi connectivity index (χ1) is 15.9. The molecule has 0 fully saturated rings. The van der Waals surface area contributed by atoms with E-state index in [1.165, 1.54) is 34.1 Å². The number of rotatable bonds is 2. The summed E-state index contributed by atoms with van der Waals surface area (Å²) in [4.78, 5) is 4.67. The largest absolute Gasteiger partial charge is 0.306 e. The van der Waals surface area contributed by atoms with Crippen molar-refractivity contribution in [1.82, 2.24) is 0 Å². The molecule has 0 amide bonds. The van der Waals surface area contributed by atoms with Crippen LogP contribution in [0, 0.1) is 0 Å². The summed E-state index contributed by atoms with van der Waals surface area (Å²) in [5.74, 6) is 0. The first-order valence-electron chi connectivity index (χ1n) is 11.8. The number of nitrogens with zero attached hydrogens (tertiary/aromatic N) is 2. The van der Waals surface area contributed by atoms with Gasteiger partial charge in [-0.1, -0.05) is 102 Å². The number of anilines is 6. The zero-order chi connectivity index (χ0) is 23.3. The highest BCUT2D eigenvalue weighted by Gasteiger charge is 2.29. The molecule has 0 bridgehead atoms. The Balaban J connectivity index is 0.000000561. The van der Waals surface area contributed by atoms with Crippen molar-refractivity contribution in [3.05, 3.63) is 109 Å². The Kier molecular flexibility index (Phi) is 10.1. The highest BCUT2D eigenvalue weighted by atomic mass is 15.3. The molecule has 1 heterocycles. The van der Waals surface area contributed by atoms with Gasteiger partial charge in [0.2, 0.25) is 0 Å². The minimum atomic E-state index is 1.17. The first-order valence-corrected chi connectivity index (χ1v) is 11.8. The van der Waals surface area contributed by atoms with Gasteiger partial charge in [-0.2, -0.15) is 0 Å². The molecule has 1 aliphatic heterocycles. The van der Waals surface area contributed by atoms with Crippen LogP contribution in [0.15, 0.2) is 109 Å². The monoisotopic (exact) mass is 424 g/mol. The zero-order valence-corrected chi connectivity index (χ0v) is 20.3. The molecule has 0 N–H and O–H groups in total. The van der Waals surface area contributed by atoms with Gasteiger partial charge in [0.1, 0.15) is 0 Å². The van der Waals surface area contributed by atoms with Gasteiger partial charge in [-0.3, -0.25) is 0 Å². The summed E-state index contributed by atoms with van der Waals surface area (Å²) >= 11 is 0. The molecule has 0 unspecified atom stereocenters. The summed E-state index contributed by atoms with van der Waals surface area (Å²) in [6, 6.07) is 38.3. The van der Waals surface area contributed by atoms with Crippen molar-refractivity contribution < 1.29 is 0 Å². The molecule has 32 heavy (non-hydrogen) atoms. The molecular formula is C30H36N2. The highest BCUT2D eigenvalue weighted by molar-refractivity contribution is 6.01. The van der Waals surface area contributed by atoms with Gasteiger partial charge in [0.15, 0.2) is 0 Å². The van der Waals surface area contributed by atoms with Crippen LogP contribution < -0.4 is 9.80 Å². The van der Waals surface area contributed by atoms with Gasteiger partial charge >= 0.3 is 0 Å². The number of para-hydroxylation sites is 6. The second kappa shape index (κ2) is 13.0. The van der Waals surface area contributed by atoms with E-state index in [9.17, 15) is 0 Å². The lowest BCUT2D eigenvalue weighted by Crippen LogP contribution is -2.23. The van der Waals surface area contributed by atoms with Gasteiger partial charge in [0.25, 0.3) is 0 Å². The van der Waals surface area contributed by atoms with Gasteiger partial charge < -0.3 is 9.80 Å². The fourth-order valence-corrected chi connectivity index (χ4v) is 3.65. The molecule has 0 saturated carbocycles. The Hall–Kier alpha value is -3.52. The zero-order valence-electron chi connectivity index (χ0n) is 20.3. The van der Waals surface area contributed by atoms with Gasteiger partial charge in [0.05, 0.1) is 22.7 Å². The molecule has 0 spiro atoms. The van der Waals surface area contributed by atoms with E-state index in [4.69, 9.17) is 0 Å². The summed E-state index contributed by atoms with van der Waals surface area (Å²) in [7, 11) is 0. The number of hydrogen-bond donors (Lipinski definition) is 0. The summed E-state index contributed by atoms with van der Waals surface area (Å²) in [6.07, 6.45) is 0. The van der Waals surface area contributed by atoms with Crippen molar-refractivity contribution in [3.63, 3.8) is 0 Å². The Morgan fingerprint density at radius 1 is 0.312 bits per heavy atom. The third-order valence-corrected chi connectivity index (χ3v) is 4.76. The quantitative estimate of drug-likeness (QED) is 0.278. The lowest BCUT2D eigenvalue weighted by atomic mass is 10.0. The summed E-state index contributed by atoms with van der Waals surface area (Å²) in [5, 5.41) is 0. The standard InChI is InChI=1S/C24H18N2.3C2H6/c1-3-11-19(12-4-1)25-21-15-7-9-17-23(21)26(20-13-5-2-6-14-20)24-18-10-8-16-22(24)25;3*1-2/h1-18H;3*1-2H3. The van der Waals surface area contributed by atoms with E-state index in [-0.39, 0.29) is 0 Å². The molecule has 5 rings (SSSR count). The molecular weight excluding hydrogens is 388 g/mol. The molecule has 4 aromatic rings. The van der Waals surface area contributed by atoms with Crippen LogP contribution in [0.2, 0.25) is 0 Å². The van der Waals surface area contributed by atoms with Crippen molar-refractivity contribution in [3.8, 4) is 0 Å². The molecule has 166 valence electrons. The summed E-state index contributed by atoms with van der Waals surface area (Å²) < 4.78 is 0. The van der Waals surface area contributed by atoms with Crippen LogP contribution in [0.25, 0.3) is 0 Å². The third kappa shape index (κ3) is 5.03. The van der Waals surface area contributed by atoms with Crippen molar-refractivity contribution in [2.45, 2.75) is 41.5 Å². The van der Waals surface area contributed by atoms with Gasteiger partial charge in [-0.15, -0.1) is 0 Å². The predicted octanol–water partition coefficient (Wildman–Crippen LogP) is 10.0. The number of hydrogen-bond acceptors (Lipinski definition) is 2. The van der Waals surface area contributed by atoms with Gasteiger partial charge in [-0.05, 0) is 48.5 Å². The predicted molar refractivity (Wildman–Crippen MR) is 143 cm³/mol.